The fraction of sp³-hybridized carbons (Fsp3) is 0.154. The summed E-state index contributed by atoms with van der Waals surface area (Å²) >= 11 is 0. The predicted molar refractivity (Wildman–Crippen MR) is 62.2 cm³/mol. The molecule has 0 spiro atoms. The molecule has 0 aliphatic carbocycles. The van der Waals surface area contributed by atoms with Gasteiger partial charge in [-0.3, -0.25) is 0 Å². The van der Waals surface area contributed by atoms with E-state index in [1.54, 1.807) is 0 Å². The molecule has 1 aromatic carbocycles. The highest BCUT2D eigenvalue weighted by molar-refractivity contribution is 5.61. The zero-order valence-corrected chi connectivity index (χ0v) is 9.99. The van der Waals surface area contributed by atoms with Gasteiger partial charge in [-0.1, -0.05) is 12.1 Å². The summed E-state index contributed by atoms with van der Waals surface area (Å²) in [7, 11) is 0. The average Bonchev–Trinajstić information content (AvgIpc) is 2.36. The molecule has 106 valence electrons. The molecular formula is C13H9F4NO2. The minimum Gasteiger partial charge on any atom is -0.406 e. The summed E-state index contributed by atoms with van der Waals surface area (Å²) in [6.07, 6.45) is -4.80. The maximum Gasteiger partial charge on any atom is 0.573 e. The minimum absolute atomic E-state index is 0.113. The quantitative estimate of drug-likeness (QED) is 0.696. The average molecular weight is 287 g/mol. The maximum atomic E-state index is 13.2. The van der Waals surface area contributed by atoms with Gasteiger partial charge in [0.05, 0.1) is 12.3 Å². The fourth-order valence-electron chi connectivity index (χ4n) is 1.64. The molecule has 7 heteroatoms. The van der Waals surface area contributed by atoms with Crippen LogP contribution in [0.15, 0.2) is 36.4 Å². The van der Waals surface area contributed by atoms with Crippen LogP contribution in [0.1, 0.15) is 5.56 Å². The minimum atomic E-state index is -4.80. The van der Waals surface area contributed by atoms with Gasteiger partial charge in [0.15, 0.2) is 0 Å². The van der Waals surface area contributed by atoms with Gasteiger partial charge in [0.2, 0.25) is 5.95 Å². The summed E-state index contributed by atoms with van der Waals surface area (Å²) in [5.41, 5.74) is 0.636. The van der Waals surface area contributed by atoms with E-state index in [0.29, 0.717) is 0 Å². The maximum absolute atomic E-state index is 13.2. The highest BCUT2D eigenvalue weighted by atomic mass is 19.4. The molecule has 1 aromatic heterocycles. The van der Waals surface area contributed by atoms with Gasteiger partial charge in [-0.25, -0.2) is 4.98 Å². The van der Waals surface area contributed by atoms with Crippen LogP contribution in [-0.2, 0) is 6.61 Å². The zero-order valence-electron chi connectivity index (χ0n) is 9.99. The monoisotopic (exact) mass is 287 g/mol. The third-order valence-corrected chi connectivity index (χ3v) is 2.40. The van der Waals surface area contributed by atoms with Gasteiger partial charge in [0, 0.05) is 5.56 Å². The molecule has 2 rings (SSSR count). The molecule has 0 fully saturated rings. The Morgan fingerprint density at radius 2 is 1.90 bits per heavy atom. The van der Waals surface area contributed by atoms with Crippen LogP contribution in [0.5, 0.6) is 5.75 Å². The van der Waals surface area contributed by atoms with Crippen molar-refractivity contribution in [3.8, 4) is 17.0 Å². The van der Waals surface area contributed by atoms with Crippen LogP contribution in [-0.4, -0.2) is 16.5 Å². The molecule has 2 aromatic rings. The Labute approximate surface area is 111 Å². The molecule has 0 amide bonds. The Kier molecular flexibility index (Phi) is 3.89. The second-order valence-corrected chi connectivity index (χ2v) is 3.92. The number of halogens is 4. The third kappa shape index (κ3) is 3.67. The summed E-state index contributed by atoms with van der Waals surface area (Å²) in [6.45, 7) is -0.398. The summed E-state index contributed by atoms with van der Waals surface area (Å²) in [4.78, 5) is 3.58. The van der Waals surface area contributed by atoms with Crippen molar-refractivity contribution in [1.29, 1.82) is 0 Å². The molecule has 0 unspecified atom stereocenters. The molecule has 0 bridgehead atoms. The topological polar surface area (TPSA) is 42.4 Å². The summed E-state index contributed by atoms with van der Waals surface area (Å²) < 4.78 is 53.4. The van der Waals surface area contributed by atoms with E-state index in [1.165, 1.54) is 18.2 Å². The second-order valence-electron chi connectivity index (χ2n) is 3.92. The molecule has 1 N–H and O–H groups in total. The molecule has 0 aliphatic heterocycles. The number of alkyl halides is 3. The number of hydrogen-bond acceptors (Lipinski definition) is 3. The number of benzene rings is 1. The van der Waals surface area contributed by atoms with Crippen molar-refractivity contribution in [2.24, 2.45) is 0 Å². The summed E-state index contributed by atoms with van der Waals surface area (Å²) in [5.74, 6) is -1.25. The van der Waals surface area contributed by atoms with E-state index < -0.39 is 24.7 Å². The molecule has 1 heterocycles. The smallest absolute Gasteiger partial charge is 0.406 e. The molecule has 0 radical (unpaired) electrons. The first-order chi connectivity index (χ1) is 9.37. The fourth-order valence-corrected chi connectivity index (χ4v) is 1.64. The van der Waals surface area contributed by atoms with E-state index in [1.807, 2.05) is 0 Å². The van der Waals surface area contributed by atoms with E-state index in [9.17, 15) is 17.6 Å². The highest BCUT2D eigenvalue weighted by Gasteiger charge is 2.31. The molecule has 0 saturated carbocycles. The van der Waals surface area contributed by atoms with E-state index >= 15 is 0 Å². The first-order valence-electron chi connectivity index (χ1n) is 5.51. The van der Waals surface area contributed by atoms with Gasteiger partial charge in [-0.15, -0.1) is 13.2 Å². The number of ether oxygens (including phenoxy) is 1. The normalized spacial score (nSPS) is 11.4. The van der Waals surface area contributed by atoms with Gasteiger partial charge in [-0.05, 0) is 29.8 Å². The van der Waals surface area contributed by atoms with E-state index in [-0.39, 0.29) is 16.8 Å². The number of aliphatic hydroxyl groups is 1. The van der Waals surface area contributed by atoms with Crippen LogP contribution in [0.25, 0.3) is 11.3 Å². The van der Waals surface area contributed by atoms with Crippen LogP contribution in [0.2, 0.25) is 0 Å². The SMILES string of the molecule is OCc1cc(F)nc(-c2cccc(OC(F)(F)F)c2)c1. The number of hydrogen-bond donors (Lipinski definition) is 1. The standard InChI is InChI=1S/C13H9F4NO2/c14-12-5-8(7-19)4-11(18-12)9-2-1-3-10(6-9)20-13(15,16)17/h1-6,19H,7H2. The highest BCUT2D eigenvalue weighted by Crippen LogP contribution is 2.27. The lowest BCUT2D eigenvalue weighted by molar-refractivity contribution is -0.274. The van der Waals surface area contributed by atoms with Crippen molar-refractivity contribution < 1.29 is 27.4 Å². The van der Waals surface area contributed by atoms with Crippen molar-refractivity contribution in [3.63, 3.8) is 0 Å². The lowest BCUT2D eigenvalue weighted by Gasteiger charge is -2.10. The van der Waals surface area contributed by atoms with Gasteiger partial charge < -0.3 is 9.84 Å². The van der Waals surface area contributed by atoms with Crippen molar-refractivity contribution in [2.45, 2.75) is 13.0 Å². The van der Waals surface area contributed by atoms with Gasteiger partial charge in [0.1, 0.15) is 5.75 Å². The third-order valence-electron chi connectivity index (χ3n) is 2.40. The van der Waals surface area contributed by atoms with Gasteiger partial charge in [-0.2, -0.15) is 4.39 Å². The predicted octanol–water partition coefficient (Wildman–Crippen LogP) is 3.28. The Balaban J connectivity index is 2.38. The van der Waals surface area contributed by atoms with Crippen LogP contribution < -0.4 is 4.74 Å². The Morgan fingerprint density at radius 3 is 2.55 bits per heavy atom. The summed E-state index contributed by atoms with van der Waals surface area (Å²) in [6, 6.07) is 7.45. The second kappa shape index (κ2) is 5.46. The van der Waals surface area contributed by atoms with Crippen molar-refractivity contribution >= 4 is 0 Å². The Bertz CT molecular complexity index is 614. The molecule has 0 saturated heterocycles. The number of nitrogens with zero attached hydrogens (tertiary/aromatic N) is 1. The first-order valence-corrected chi connectivity index (χ1v) is 5.51. The van der Waals surface area contributed by atoms with E-state index in [4.69, 9.17) is 5.11 Å². The lowest BCUT2D eigenvalue weighted by atomic mass is 10.1. The van der Waals surface area contributed by atoms with Crippen LogP contribution in [0.4, 0.5) is 17.6 Å². The number of aliphatic hydroxyl groups excluding tert-OH is 1. The zero-order chi connectivity index (χ0) is 14.8. The van der Waals surface area contributed by atoms with Crippen molar-refractivity contribution in [2.75, 3.05) is 0 Å². The number of rotatable bonds is 3. The van der Waals surface area contributed by atoms with Crippen LogP contribution in [0.3, 0.4) is 0 Å². The molecule has 0 aliphatic rings. The van der Waals surface area contributed by atoms with E-state index in [2.05, 4.69) is 9.72 Å². The van der Waals surface area contributed by atoms with Crippen molar-refractivity contribution in [3.05, 3.63) is 47.9 Å². The van der Waals surface area contributed by atoms with Crippen molar-refractivity contribution in [1.82, 2.24) is 4.98 Å². The molecule has 3 nitrogen and oxygen atoms in total. The molecular weight excluding hydrogens is 278 g/mol. The van der Waals surface area contributed by atoms with Gasteiger partial charge >= 0.3 is 6.36 Å². The first kappa shape index (κ1) is 14.3. The van der Waals surface area contributed by atoms with Gasteiger partial charge in [0.25, 0.3) is 0 Å². The van der Waals surface area contributed by atoms with Crippen LogP contribution >= 0.6 is 0 Å². The lowest BCUT2D eigenvalue weighted by Crippen LogP contribution is -2.17. The Morgan fingerprint density at radius 1 is 1.15 bits per heavy atom. The summed E-state index contributed by atoms with van der Waals surface area (Å²) in [5, 5.41) is 8.97. The molecule has 20 heavy (non-hydrogen) atoms. The van der Waals surface area contributed by atoms with Crippen LogP contribution in [0, 0.1) is 5.95 Å². The largest absolute Gasteiger partial charge is 0.573 e. The number of pyridine rings is 1. The van der Waals surface area contributed by atoms with E-state index in [0.717, 1.165) is 18.2 Å². The Hall–Kier alpha value is -2.15. The molecule has 0 atom stereocenters. The number of aromatic nitrogens is 1.